The fraction of sp³-hybridized carbons (Fsp3) is 0.267. The fourth-order valence-electron chi connectivity index (χ4n) is 5.11. The van der Waals surface area contributed by atoms with Crippen molar-refractivity contribution in [3.8, 4) is 11.5 Å². The van der Waals surface area contributed by atoms with Gasteiger partial charge >= 0.3 is 6.18 Å². The van der Waals surface area contributed by atoms with Gasteiger partial charge in [0.15, 0.2) is 5.78 Å². The van der Waals surface area contributed by atoms with Crippen molar-refractivity contribution in [2.75, 3.05) is 6.54 Å². The molecular formula is C30H26F4N4O3. The molecule has 11 heteroatoms. The lowest BCUT2D eigenvalue weighted by molar-refractivity contribution is -0.138. The normalized spacial score (nSPS) is 17.0. The number of rotatable bonds is 9. The second-order valence-electron chi connectivity index (χ2n) is 9.96. The molecule has 4 aromatic rings. The summed E-state index contributed by atoms with van der Waals surface area (Å²) in [6.45, 7) is 0.0195. The number of ether oxygens (including phenoxy) is 1. The third-order valence-electron chi connectivity index (χ3n) is 7.03. The first kappa shape index (κ1) is 28.0. The van der Waals surface area contributed by atoms with Crippen molar-refractivity contribution in [3.63, 3.8) is 0 Å². The monoisotopic (exact) mass is 566 g/mol. The van der Waals surface area contributed by atoms with E-state index in [1.54, 1.807) is 30.3 Å². The lowest BCUT2D eigenvalue weighted by Gasteiger charge is -2.24. The number of amides is 1. The summed E-state index contributed by atoms with van der Waals surface area (Å²) in [5.41, 5.74) is 0.118. The van der Waals surface area contributed by atoms with Crippen LogP contribution in [0.25, 0.3) is 0 Å². The first-order chi connectivity index (χ1) is 19.7. The minimum Gasteiger partial charge on any atom is -0.457 e. The lowest BCUT2D eigenvalue weighted by Crippen LogP contribution is -2.42. The first-order valence-corrected chi connectivity index (χ1v) is 13.0. The average molecular weight is 567 g/mol. The van der Waals surface area contributed by atoms with Crippen LogP contribution in [0.5, 0.6) is 11.5 Å². The van der Waals surface area contributed by atoms with E-state index in [-0.39, 0.29) is 61.3 Å². The Hall–Kier alpha value is -4.54. The van der Waals surface area contributed by atoms with Crippen LogP contribution in [0, 0.1) is 11.7 Å². The molecule has 0 radical (unpaired) electrons. The van der Waals surface area contributed by atoms with Gasteiger partial charge in [0.05, 0.1) is 11.6 Å². The van der Waals surface area contributed by atoms with Crippen LogP contribution < -0.4 is 4.74 Å². The van der Waals surface area contributed by atoms with E-state index in [9.17, 15) is 27.2 Å². The number of nitrogens with zero attached hydrogens (tertiary/aromatic N) is 4. The van der Waals surface area contributed by atoms with E-state index < -0.39 is 17.8 Å². The summed E-state index contributed by atoms with van der Waals surface area (Å²) in [4.78, 5) is 32.0. The predicted octanol–water partition coefficient (Wildman–Crippen LogP) is 5.50. The third kappa shape index (κ3) is 6.97. The Balaban J connectivity index is 1.30. The second-order valence-corrected chi connectivity index (χ2v) is 9.96. The van der Waals surface area contributed by atoms with Gasteiger partial charge in [-0.2, -0.15) is 18.3 Å². The maximum atomic E-state index is 13.6. The lowest BCUT2D eigenvalue weighted by atomic mass is 9.92. The van der Waals surface area contributed by atoms with E-state index in [0.717, 1.165) is 6.07 Å². The van der Waals surface area contributed by atoms with Crippen LogP contribution in [-0.4, -0.2) is 43.9 Å². The minimum absolute atomic E-state index is 0.0282. The molecule has 1 saturated heterocycles. The van der Waals surface area contributed by atoms with Crippen LogP contribution in [0.3, 0.4) is 0 Å². The molecule has 5 rings (SSSR count). The Morgan fingerprint density at radius 1 is 0.951 bits per heavy atom. The highest BCUT2D eigenvalue weighted by molar-refractivity contribution is 5.91. The van der Waals surface area contributed by atoms with Crippen LogP contribution in [-0.2, 0) is 35.2 Å². The van der Waals surface area contributed by atoms with Gasteiger partial charge in [-0.3, -0.25) is 9.59 Å². The van der Waals surface area contributed by atoms with Gasteiger partial charge < -0.3 is 9.64 Å². The van der Waals surface area contributed by atoms with Crippen molar-refractivity contribution in [2.45, 2.75) is 38.0 Å². The molecule has 1 aromatic heterocycles. The van der Waals surface area contributed by atoms with E-state index in [4.69, 9.17) is 4.74 Å². The standard InChI is InChI=1S/C30H26F4N4O3/c31-23-7-11-25(12-8-23)41-24-9-5-20(6-10-24)15-28(39)27-14-21(13-22-3-1-2-4-26(22)30(32,33)34)16-38(27)29(40)17-37-19-35-18-36-37/h1-12,18-19,21,27H,13-17H2/t21-,27+/m1/s1. The Kier molecular flexibility index (Phi) is 8.14. The molecule has 0 bridgehead atoms. The third-order valence-corrected chi connectivity index (χ3v) is 7.03. The Labute approximate surface area is 233 Å². The first-order valence-electron chi connectivity index (χ1n) is 13.0. The maximum absolute atomic E-state index is 13.6. The number of hydrogen-bond acceptors (Lipinski definition) is 5. The van der Waals surface area contributed by atoms with Crippen molar-refractivity contribution in [1.82, 2.24) is 19.7 Å². The smallest absolute Gasteiger partial charge is 0.416 e. The number of benzene rings is 3. The molecule has 0 unspecified atom stereocenters. The summed E-state index contributed by atoms with van der Waals surface area (Å²) >= 11 is 0. The molecule has 2 atom stereocenters. The number of hydrogen-bond donors (Lipinski definition) is 0. The molecule has 1 amide bonds. The van der Waals surface area contributed by atoms with Gasteiger partial charge in [0.25, 0.3) is 0 Å². The Morgan fingerprint density at radius 2 is 1.63 bits per heavy atom. The number of aromatic nitrogens is 3. The second kappa shape index (κ2) is 11.9. The topological polar surface area (TPSA) is 77.3 Å². The summed E-state index contributed by atoms with van der Waals surface area (Å²) in [6, 6.07) is 17.0. The molecule has 0 N–H and O–H groups in total. The number of Topliss-reactive ketones (excluding diaryl/α,β-unsaturated/α-hetero) is 1. The van der Waals surface area contributed by atoms with Crippen molar-refractivity contribution in [2.24, 2.45) is 5.92 Å². The molecule has 41 heavy (non-hydrogen) atoms. The number of likely N-dealkylation sites (tertiary alicyclic amines) is 1. The summed E-state index contributed by atoms with van der Waals surface area (Å²) in [7, 11) is 0. The molecule has 212 valence electrons. The molecule has 0 saturated carbocycles. The molecule has 0 spiro atoms. The van der Waals surface area contributed by atoms with E-state index in [1.165, 1.54) is 58.6 Å². The van der Waals surface area contributed by atoms with Crippen molar-refractivity contribution >= 4 is 11.7 Å². The van der Waals surface area contributed by atoms with Crippen LogP contribution in [0.4, 0.5) is 17.6 Å². The summed E-state index contributed by atoms with van der Waals surface area (Å²) in [5.74, 6) is -0.320. The Bertz CT molecular complexity index is 1490. The van der Waals surface area contributed by atoms with Crippen LogP contribution >= 0.6 is 0 Å². The zero-order valence-electron chi connectivity index (χ0n) is 21.8. The van der Waals surface area contributed by atoms with Gasteiger partial charge in [0.2, 0.25) is 5.91 Å². The maximum Gasteiger partial charge on any atom is 0.416 e. The SMILES string of the molecule is O=C(Cc1ccc(Oc2ccc(F)cc2)cc1)[C@@H]1C[C@@H](Cc2ccccc2C(F)(F)F)CN1C(=O)Cn1cncn1. The summed E-state index contributed by atoms with van der Waals surface area (Å²) in [5, 5.41) is 3.95. The predicted molar refractivity (Wildman–Crippen MR) is 140 cm³/mol. The highest BCUT2D eigenvalue weighted by atomic mass is 19.4. The summed E-state index contributed by atoms with van der Waals surface area (Å²) < 4.78 is 61.0. The van der Waals surface area contributed by atoms with Gasteiger partial charge in [0, 0.05) is 13.0 Å². The molecule has 2 heterocycles. The number of carbonyl (C=O) groups excluding carboxylic acids is 2. The van der Waals surface area contributed by atoms with Crippen LogP contribution in [0.1, 0.15) is 23.1 Å². The van der Waals surface area contributed by atoms with Crippen molar-refractivity contribution in [3.05, 3.63) is 108 Å². The molecule has 1 aliphatic rings. The van der Waals surface area contributed by atoms with Gasteiger partial charge in [-0.15, -0.1) is 0 Å². The van der Waals surface area contributed by atoms with E-state index in [2.05, 4.69) is 10.1 Å². The fourth-order valence-corrected chi connectivity index (χ4v) is 5.11. The van der Waals surface area contributed by atoms with Gasteiger partial charge in [0.1, 0.15) is 36.5 Å². The zero-order chi connectivity index (χ0) is 29.0. The van der Waals surface area contributed by atoms with E-state index in [0.29, 0.717) is 17.1 Å². The Morgan fingerprint density at radius 3 is 2.29 bits per heavy atom. The molecule has 7 nitrogen and oxygen atoms in total. The van der Waals surface area contributed by atoms with Crippen molar-refractivity contribution < 1.29 is 31.9 Å². The molecular weight excluding hydrogens is 540 g/mol. The molecule has 3 aromatic carbocycles. The molecule has 1 fully saturated rings. The highest BCUT2D eigenvalue weighted by Crippen LogP contribution is 2.35. The number of halogens is 4. The van der Waals surface area contributed by atoms with Crippen molar-refractivity contribution in [1.29, 1.82) is 0 Å². The van der Waals surface area contributed by atoms with E-state index in [1.807, 2.05) is 0 Å². The van der Waals surface area contributed by atoms with Gasteiger partial charge in [-0.05, 0) is 72.4 Å². The number of ketones is 1. The van der Waals surface area contributed by atoms with Crippen LogP contribution in [0.2, 0.25) is 0 Å². The minimum atomic E-state index is -4.50. The highest BCUT2D eigenvalue weighted by Gasteiger charge is 2.40. The quantitative estimate of drug-likeness (QED) is 0.250. The zero-order valence-corrected chi connectivity index (χ0v) is 21.8. The largest absolute Gasteiger partial charge is 0.457 e. The van der Waals surface area contributed by atoms with Gasteiger partial charge in [-0.1, -0.05) is 30.3 Å². The average Bonchev–Trinajstić information content (AvgIpc) is 3.61. The molecule has 1 aliphatic heterocycles. The number of alkyl halides is 3. The number of carbonyl (C=O) groups is 2. The van der Waals surface area contributed by atoms with E-state index >= 15 is 0 Å². The van der Waals surface area contributed by atoms with Crippen LogP contribution in [0.15, 0.2) is 85.5 Å². The summed E-state index contributed by atoms with van der Waals surface area (Å²) in [6.07, 6.45) is -1.46. The van der Waals surface area contributed by atoms with Gasteiger partial charge in [-0.25, -0.2) is 14.1 Å². The molecule has 0 aliphatic carbocycles.